The number of fused-ring (bicyclic) bond motifs is 1. The standard InChI is InChI=1S/C18H20N2O2S/c1-11-3-8-15-13(9-11)10-16(23-15)18(22)20-14-6-4-12(5-7-14)17(21)19-2/h4-7,10-11H,3,8-9H2,1-2H3,(H,19,21)(H,20,22)/t11-/m0/s1. The van der Waals surface area contributed by atoms with Crippen molar-refractivity contribution in [3.05, 3.63) is 51.2 Å². The summed E-state index contributed by atoms with van der Waals surface area (Å²) in [7, 11) is 1.59. The number of anilines is 1. The third-order valence-corrected chi connectivity index (χ3v) is 5.42. The van der Waals surface area contributed by atoms with E-state index in [0.717, 1.165) is 17.7 Å². The van der Waals surface area contributed by atoms with E-state index in [1.54, 1.807) is 42.6 Å². The van der Waals surface area contributed by atoms with Crippen molar-refractivity contribution in [1.82, 2.24) is 5.32 Å². The van der Waals surface area contributed by atoms with Crippen molar-refractivity contribution in [2.45, 2.75) is 26.2 Å². The molecule has 2 aromatic rings. The van der Waals surface area contributed by atoms with Gasteiger partial charge in [0.1, 0.15) is 0 Å². The molecule has 120 valence electrons. The smallest absolute Gasteiger partial charge is 0.265 e. The van der Waals surface area contributed by atoms with Crippen molar-refractivity contribution in [3.63, 3.8) is 0 Å². The van der Waals surface area contributed by atoms with Crippen LogP contribution in [0.4, 0.5) is 5.69 Å². The van der Waals surface area contributed by atoms with Crippen LogP contribution in [-0.4, -0.2) is 18.9 Å². The fourth-order valence-corrected chi connectivity index (χ4v) is 3.96. The number of hydrogen-bond donors (Lipinski definition) is 2. The molecule has 0 saturated carbocycles. The lowest BCUT2D eigenvalue weighted by atomic mass is 9.90. The van der Waals surface area contributed by atoms with Crippen LogP contribution in [0.5, 0.6) is 0 Å². The number of carbonyl (C=O) groups is 2. The monoisotopic (exact) mass is 328 g/mol. The van der Waals surface area contributed by atoms with Gasteiger partial charge in [-0.25, -0.2) is 0 Å². The van der Waals surface area contributed by atoms with Gasteiger partial charge < -0.3 is 10.6 Å². The Hall–Kier alpha value is -2.14. The number of nitrogens with one attached hydrogen (secondary N) is 2. The van der Waals surface area contributed by atoms with Gasteiger partial charge in [-0.15, -0.1) is 11.3 Å². The SMILES string of the molecule is CNC(=O)c1ccc(NC(=O)c2cc3c(s2)CC[C@H](C)C3)cc1. The third kappa shape index (κ3) is 3.45. The number of thiophene rings is 1. The first-order valence-corrected chi connectivity index (χ1v) is 8.63. The van der Waals surface area contributed by atoms with Gasteiger partial charge in [0.25, 0.3) is 11.8 Å². The van der Waals surface area contributed by atoms with Crippen LogP contribution in [0.3, 0.4) is 0 Å². The zero-order valence-corrected chi connectivity index (χ0v) is 14.1. The van der Waals surface area contributed by atoms with Crippen LogP contribution >= 0.6 is 11.3 Å². The fourth-order valence-electron chi connectivity index (χ4n) is 2.86. The van der Waals surface area contributed by atoms with Crippen LogP contribution in [0.15, 0.2) is 30.3 Å². The Kier molecular flexibility index (Phi) is 4.48. The van der Waals surface area contributed by atoms with E-state index < -0.39 is 0 Å². The van der Waals surface area contributed by atoms with E-state index >= 15 is 0 Å². The highest BCUT2D eigenvalue weighted by atomic mass is 32.1. The van der Waals surface area contributed by atoms with E-state index in [0.29, 0.717) is 17.2 Å². The second kappa shape index (κ2) is 6.54. The molecule has 3 rings (SSSR count). The zero-order chi connectivity index (χ0) is 16.4. The lowest BCUT2D eigenvalue weighted by molar-refractivity contribution is 0.0962. The van der Waals surface area contributed by atoms with Gasteiger partial charge in [0.2, 0.25) is 0 Å². The van der Waals surface area contributed by atoms with Crippen LogP contribution in [0.1, 0.15) is 43.8 Å². The highest BCUT2D eigenvalue weighted by Crippen LogP contribution is 2.32. The second-order valence-corrected chi connectivity index (χ2v) is 7.15. The molecular weight excluding hydrogens is 308 g/mol. The number of rotatable bonds is 3. The highest BCUT2D eigenvalue weighted by Gasteiger charge is 2.20. The minimum absolute atomic E-state index is 0.0789. The summed E-state index contributed by atoms with van der Waals surface area (Å²) in [5, 5.41) is 5.48. The largest absolute Gasteiger partial charge is 0.355 e. The maximum absolute atomic E-state index is 12.4. The average molecular weight is 328 g/mol. The molecule has 1 heterocycles. The van der Waals surface area contributed by atoms with Crippen molar-refractivity contribution in [2.24, 2.45) is 5.92 Å². The fraction of sp³-hybridized carbons (Fsp3) is 0.333. The highest BCUT2D eigenvalue weighted by molar-refractivity contribution is 7.14. The summed E-state index contributed by atoms with van der Waals surface area (Å²) in [5.41, 5.74) is 2.60. The molecular formula is C18H20N2O2S. The summed E-state index contributed by atoms with van der Waals surface area (Å²) in [6, 6.07) is 8.94. The Labute approximate surface area is 139 Å². The number of carbonyl (C=O) groups excluding carboxylic acids is 2. The van der Waals surface area contributed by atoms with Gasteiger partial charge in [0.05, 0.1) is 4.88 Å². The maximum atomic E-state index is 12.4. The van der Waals surface area contributed by atoms with Crippen LogP contribution in [0, 0.1) is 5.92 Å². The van der Waals surface area contributed by atoms with E-state index in [2.05, 4.69) is 17.6 Å². The van der Waals surface area contributed by atoms with Gasteiger partial charge >= 0.3 is 0 Å². The molecule has 0 bridgehead atoms. The van der Waals surface area contributed by atoms with Crippen molar-refractivity contribution in [3.8, 4) is 0 Å². The molecule has 1 atom stereocenters. The molecule has 0 fully saturated rings. The van der Waals surface area contributed by atoms with Crippen molar-refractivity contribution in [2.75, 3.05) is 12.4 Å². The normalized spacial score (nSPS) is 16.5. The van der Waals surface area contributed by atoms with E-state index in [9.17, 15) is 9.59 Å². The first kappa shape index (κ1) is 15.7. The van der Waals surface area contributed by atoms with Gasteiger partial charge in [0, 0.05) is 23.2 Å². The van der Waals surface area contributed by atoms with Crippen molar-refractivity contribution < 1.29 is 9.59 Å². The van der Waals surface area contributed by atoms with Crippen LogP contribution in [0.2, 0.25) is 0 Å². The number of amides is 2. The van der Waals surface area contributed by atoms with E-state index in [-0.39, 0.29) is 11.8 Å². The molecule has 2 N–H and O–H groups in total. The molecule has 4 nitrogen and oxygen atoms in total. The zero-order valence-electron chi connectivity index (χ0n) is 13.3. The van der Waals surface area contributed by atoms with E-state index in [1.807, 2.05) is 6.07 Å². The quantitative estimate of drug-likeness (QED) is 0.906. The van der Waals surface area contributed by atoms with Crippen molar-refractivity contribution in [1.29, 1.82) is 0 Å². The second-order valence-electron chi connectivity index (χ2n) is 6.02. The molecule has 5 heteroatoms. The first-order chi connectivity index (χ1) is 11.1. The Balaban J connectivity index is 1.71. The van der Waals surface area contributed by atoms with Gasteiger partial charge in [-0.3, -0.25) is 9.59 Å². The van der Waals surface area contributed by atoms with Gasteiger partial charge in [-0.1, -0.05) is 6.92 Å². The number of hydrogen-bond acceptors (Lipinski definition) is 3. The molecule has 1 aliphatic rings. The first-order valence-electron chi connectivity index (χ1n) is 7.82. The summed E-state index contributed by atoms with van der Waals surface area (Å²) in [5.74, 6) is 0.484. The molecule has 1 aliphatic carbocycles. The summed E-state index contributed by atoms with van der Waals surface area (Å²) in [6.45, 7) is 2.26. The third-order valence-electron chi connectivity index (χ3n) is 4.19. The predicted octanol–water partition coefficient (Wildman–Crippen LogP) is 3.48. The molecule has 0 aliphatic heterocycles. The summed E-state index contributed by atoms with van der Waals surface area (Å²) in [4.78, 5) is 26.0. The Bertz CT molecular complexity index is 734. The molecule has 0 saturated heterocycles. The molecule has 0 unspecified atom stereocenters. The summed E-state index contributed by atoms with van der Waals surface area (Å²) in [6.07, 6.45) is 3.35. The average Bonchev–Trinajstić information content (AvgIpc) is 2.98. The molecule has 1 aromatic heterocycles. The lowest BCUT2D eigenvalue weighted by Gasteiger charge is -2.16. The maximum Gasteiger partial charge on any atom is 0.265 e. The molecule has 0 spiro atoms. The Morgan fingerprint density at radius 1 is 1.17 bits per heavy atom. The van der Waals surface area contributed by atoms with Crippen LogP contribution in [0.25, 0.3) is 0 Å². The Morgan fingerprint density at radius 3 is 2.61 bits per heavy atom. The molecule has 2 amide bonds. The van der Waals surface area contributed by atoms with Crippen LogP contribution < -0.4 is 10.6 Å². The number of aryl methyl sites for hydroxylation is 1. The minimum atomic E-state index is -0.136. The van der Waals surface area contributed by atoms with Crippen LogP contribution in [-0.2, 0) is 12.8 Å². The molecule has 1 aromatic carbocycles. The Morgan fingerprint density at radius 2 is 1.91 bits per heavy atom. The molecule has 0 radical (unpaired) electrons. The molecule has 23 heavy (non-hydrogen) atoms. The van der Waals surface area contributed by atoms with Gasteiger partial charge in [0.15, 0.2) is 0 Å². The van der Waals surface area contributed by atoms with E-state index in [4.69, 9.17) is 0 Å². The number of benzene rings is 1. The van der Waals surface area contributed by atoms with Crippen molar-refractivity contribution >= 4 is 28.8 Å². The predicted molar refractivity (Wildman–Crippen MR) is 93.3 cm³/mol. The minimum Gasteiger partial charge on any atom is -0.355 e. The topological polar surface area (TPSA) is 58.2 Å². The summed E-state index contributed by atoms with van der Waals surface area (Å²) >= 11 is 1.60. The van der Waals surface area contributed by atoms with Gasteiger partial charge in [-0.05, 0) is 61.1 Å². The lowest BCUT2D eigenvalue weighted by Crippen LogP contribution is -2.17. The van der Waals surface area contributed by atoms with E-state index in [1.165, 1.54) is 16.9 Å². The van der Waals surface area contributed by atoms with Gasteiger partial charge in [-0.2, -0.15) is 0 Å². The summed E-state index contributed by atoms with van der Waals surface area (Å²) < 4.78 is 0.